The lowest BCUT2D eigenvalue weighted by molar-refractivity contribution is 0.195. The van der Waals surface area contributed by atoms with E-state index in [1.165, 1.54) is 23.1 Å². The SMILES string of the molecule is COc1ccc2c(c1)O[C@@H]1c3ccccc3CC[C@H]21. The summed E-state index contributed by atoms with van der Waals surface area (Å²) >= 11 is 0. The number of hydrogen-bond acceptors (Lipinski definition) is 2. The number of aryl methyl sites for hydroxylation is 1. The molecule has 0 spiro atoms. The van der Waals surface area contributed by atoms with E-state index >= 15 is 0 Å². The van der Waals surface area contributed by atoms with Crippen LogP contribution in [0.3, 0.4) is 0 Å². The highest BCUT2D eigenvalue weighted by atomic mass is 16.5. The highest BCUT2D eigenvalue weighted by Gasteiger charge is 2.39. The van der Waals surface area contributed by atoms with Gasteiger partial charge in [0.05, 0.1) is 7.11 Å². The zero-order valence-corrected chi connectivity index (χ0v) is 10.9. The standard InChI is InChI=1S/C17H16O2/c1-18-12-7-9-14-15-8-6-11-4-2-3-5-13(11)17(15)19-16(14)10-12/h2-5,7,9-10,15,17H,6,8H2,1H3/t15-,17-/m1/s1. The smallest absolute Gasteiger partial charge is 0.131 e. The molecule has 0 radical (unpaired) electrons. The minimum atomic E-state index is 0.187. The molecule has 1 aliphatic heterocycles. The molecule has 2 aliphatic rings. The predicted molar refractivity (Wildman–Crippen MR) is 73.9 cm³/mol. The van der Waals surface area contributed by atoms with Gasteiger partial charge < -0.3 is 9.47 Å². The first-order valence-electron chi connectivity index (χ1n) is 6.79. The van der Waals surface area contributed by atoms with E-state index in [9.17, 15) is 0 Å². The van der Waals surface area contributed by atoms with Crippen molar-refractivity contribution >= 4 is 0 Å². The molecule has 1 aliphatic carbocycles. The number of fused-ring (bicyclic) bond motifs is 5. The zero-order chi connectivity index (χ0) is 12.8. The highest BCUT2D eigenvalue weighted by Crippen LogP contribution is 2.52. The van der Waals surface area contributed by atoms with Crippen molar-refractivity contribution in [3.05, 3.63) is 59.2 Å². The highest BCUT2D eigenvalue weighted by molar-refractivity contribution is 5.50. The molecule has 2 nitrogen and oxygen atoms in total. The Morgan fingerprint density at radius 1 is 1.11 bits per heavy atom. The summed E-state index contributed by atoms with van der Waals surface area (Å²) in [5.74, 6) is 2.35. The van der Waals surface area contributed by atoms with Crippen molar-refractivity contribution < 1.29 is 9.47 Å². The van der Waals surface area contributed by atoms with Gasteiger partial charge in [0, 0.05) is 17.5 Å². The van der Waals surface area contributed by atoms with Crippen LogP contribution in [-0.4, -0.2) is 7.11 Å². The molecule has 1 heterocycles. The molecule has 2 heteroatoms. The summed E-state index contributed by atoms with van der Waals surface area (Å²) in [6.07, 6.45) is 2.50. The molecule has 4 rings (SSSR count). The van der Waals surface area contributed by atoms with E-state index in [1.54, 1.807) is 7.11 Å². The van der Waals surface area contributed by atoms with Crippen LogP contribution < -0.4 is 9.47 Å². The van der Waals surface area contributed by atoms with Crippen molar-refractivity contribution in [3.63, 3.8) is 0 Å². The van der Waals surface area contributed by atoms with Gasteiger partial charge in [0.15, 0.2) is 0 Å². The van der Waals surface area contributed by atoms with Gasteiger partial charge in [0.2, 0.25) is 0 Å². The molecule has 2 aromatic carbocycles. The fourth-order valence-electron chi connectivity index (χ4n) is 3.37. The second-order valence-corrected chi connectivity index (χ2v) is 5.29. The van der Waals surface area contributed by atoms with E-state index < -0.39 is 0 Å². The van der Waals surface area contributed by atoms with E-state index in [2.05, 4.69) is 30.3 Å². The van der Waals surface area contributed by atoms with Gasteiger partial charge in [-0.25, -0.2) is 0 Å². The Kier molecular flexibility index (Phi) is 2.31. The van der Waals surface area contributed by atoms with Crippen molar-refractivity contribution in [1.29, 1.82) is 0 Å². The molecular formula is C17H16O2. The van der Waals surface area contributed by atoms with Gasteiger partial charge in [0.1, 0.15) is 17.6 Å². The number of benzene rings is 2. The lowest BCUT2D eigenvalue weighted by Gasteiger charge is -2.27. The summed E-state index contributed by atoms with van der Waals surface area (Å²) in [6.45, 7) is 0. The molecule has 2 atom stereocenters. The van der Waals surface area contributed by atoms with Crippen molar-refractivity contribution in [2.24, 2.45) is 0 Å². The first-order chi connectivity index (χ1) is 9.36. The molecule has 0 bridgehead atoms. The first kappa shape index (κ1) is 10.9. The summed E-state index contributed by atoms with van der Waals surface area (Å²) in [6, 6.07) is 14.8. The Labute approximate surface area is 113 Å². The third-order valence-corrected chi connectivity index (χ3v) is 4.33. The number of ether oxygens (including phenoxy) is 2. The van der Waals surface area contributed by atoms with E-state index in [1.807, 2.05) is 12.1 Å². The fraction of sp³-hybridized carbons (Fsp3) is 0.294. The quantitative estimate of drug-likeness (QED) is 0.767. The molecule has 0 saturated heterocycles. The predicted octanol–water partition coefficient (Wildman–Crippen LogP) is 3.86. The van der Waals surface area contributed by atoms with Crippen LogP contribution in [0.25, 0.3) is 0 Å². The second-order valence-electron chi connectivity index (χ2n) is 5.29. The van der Waals surface area contributed by atoms with Crippen molar-refractivity contribution in [1.82, 2.24) is 0 Å². The second kappa shape index (κ2) is 4.02. The summed E-state index contributed by atoms with van der Waals surface area (Å²) < 4.78 is 11.5. The molecule has 96 valence electrons. The molecule has 19 heavy (non-hydrogen) atoms. The van der Waals surface area contributed by atoms with Crippen LogP contribution in [0.1, 0.15) is 35.1 Å². The van der Waals surface area contributed by atoms with Crippen LogP contribution in [0.15, 0.2) is 42.5 Å². The van der Waals surface area contributed by atoms with Gasteiger partial charge in [-0.3, -0.25) is 0 Å². The average Bonchev–Trinajstić information content (AvgIpc) is 2.85. The zero-order valence-electron chi connectivity index (χ0n) is 10.9. The average molecular weight is 252 g/mol. The van der Waals surface area contributed by atoms with Crippen LogP contribution in [0.5, 0.6) is 11.5 Å². The third kappa shape index (κ3) is 1.56. The maximum absolute atomic E-state index is 6.20. The molecule has 0 amide bonds. The van der Waals surface area contributed by atoms with E-state index in [4.69, 9.17) is 9.47 Å². The van der Waals surface area contributed by atoms with Gasteiger partial charge in [-0.15, -0.1) is 0 Å². The topological polar surface area (TPSA) is 18.5 Å². The maximum Gasteiger partial charge on any atom is 0.131 e. The van der Waals surface area contributed by atoms with Crippen molar-refractivity contribution in [2.45, 2.75) is 24.9 Å². The van der Waals surface area contributed by atoms with E-state index in [0.29, 0.717) is 5.92 Å². The van der Waals surface area contributed by atoms with Crippen molar-refractivity contribution in [2.75, 3.05) is 7.11 Å². The van der Waals surface area contributed by atoms with Crippen molar-refractivity contribution in [3.8, 4) is 11.5 Å². The lowest BCUT2D eigenvalue weighted by Crippen LogP contribution is -2.18. The summed E-state index contributed by atoms with van der Waals surface area (Å²) in [5.41, 5.74) is 4.12. The molecule has 0 unspecified atom stereocenters. The van der Waals surface area contributed by atoms with Crippen LogP contribution >= 0.6 is 0 Å². The Bertz CT molecular complexity index is 633. The van der Waals surface area contributed by atoms with E-state index in [-0.39, 0.29) is 6.10 Å². The van der Waals surface area contributed by atoms with Crippen LogP contribution in [0, 0.1) is 0 Å². The first-order valence-corrected chi connectivity index (χ1v) is 6.79. The monoisotopic (exact) mass is 252 g/mol. The Morgan fingerprint density at radius 2 is 2.00 bits per heavy atom. The van der Waals surface area contributed by atoms with Gasteiger partial charge in [-0.1, -0.05) is 30.3 Å². The number of rotatable bonds is 1. The van der Waals surface area contributed by atoms with E-state index in [0.717, 1.165) is 17.9 Å². The van der Waals surface area contributed by atoms with Crippen LogP contribution in [0.4, 0.5) is 0 Å². The summed E-state index contributed by atoms with van der Waals surface area (Å²) in [4.78, 5) is 0. The van der Waals surface area contributed by atoms with Gasteiger partial charge >= 0.3 is 0 Å². The fourth-order valence-corrected chi connectivity index (χ4v) is 3.37. The third-order valence-electron chi connectivity index (χ3n) is 4.33. The molecule has 0 N–H and O–H groups in total. The molecule has 2 aromatic rings. The van der Waals surface area contributed by atoms with Gasteiger partial charge in [0.25, 0.3) is 0 Å². The Morgan fingerprint density at radius 3 is 2.89 bits per heavy atom. The molecule has 0 fully saturated rings. The molecule has 0 aromatic heterocycles. The van der Waals surface area contributed by atoms with Crippen LogP contribution in [0.2, 0.25) is 0 Å². The molecular weight excluding hydrogens is 236 g/mol. The summed E-state index contributed by atoms with van der Waals surface area (Å²) in [7, 11) is 1.69. The Hall–Kier alpha value is -1.96. The summed E-state index contributed by atoms with van der Waals surface area (Å²) in [5, 5.41) is 0. The minimum absolute atomic E-state index is 0.187. The Balaban J connectivity index is 1.79. The maximum atomic E-state index is 6.20. The van der Waals surface area contributed by atoms with Gasteiger partial charge in [-0.2, -0.15) is 0 Å². The minimum Gasteiger partial charge on any atom is -0.497 e. The normalized spacial score (nSPS) is 23.0. The largest absolute Gasteiger partial charge is 0.497 e. The van der Waals surface area contributed by atoms with Crippen LogP contribution in [-0.2, 0) is 6.42 Å². The number of hydrogen-bond donors (Lipinski definition) is 0. The molecule has 0 saturated carbocycles. The number of methoxy groups -OCH3 is 1. The lowest BCUT2D eigenvalue weighted by atomic mass is 9.79. The van der Waals surface area contributed by atoms with Gasteiger partial charge in [-0.05, 0) is 30.0 Å².